The molecule has 37 heavy (non-hydrogen) atoms. The number of ether oxygens (including phenoxy) is 1. The molecule has 0 saturated carbocycles. The fourth-order valence-electron chi connectivity index (χ4n) is 4.93. The summed E-state index contributed by atoms with van der Waals surface area (Å²) < 4.78 is 6.05. The zero-order valence-corrected chi connectivity index (χ0v) is 22.3. The minimum atomic E-state index is -0.539. The number of aromatic nitrogens is 2. The van der Waals surface area contributed by atoms with Gasteiger partial charge in [-0.1, -0.05) is 11.6 Å². The SMILES string of the molecule is CN(C)C(=O)CN1CCN=C1CN1CC(C)(C)OC[C@H]1C(=O)Nc1cc(Cl)cc2c1[nH]c1cnccc12. The Labute approximate surface area is 220 Å². The average molecular weight is 526 g/mol. The Balaban J connectivity index is 1.39. The van der Waals surface area contributed by atoms with Gasteiger partial charge in [-0.05, 0) is 32.0 Å². The van der Waals surface area contributed by atoms with Crippen molar-refractivity contribution in [2.24, 2.45) is 4.99 Å². The van der Waals surface area contributed by atoms with Gasteiger partial charge in [-0.15, -0.1) is 0 Å². The monoisotopic (exact) mass is 525 g/mol. The van der Waals surface area contributed by atoms with Crippen LogP contribution in [-0.4, -0.2) is 107 Å². The highest BCUT2D eigenvalue weighted by Gasteiger charge is 2.39. The topological polar surface area (TPSA) is 106 Å². The van der Waals surface area contributed by atoms with Gasteiger partial charge >= 0.3 is 0 Å². The normalized spacial score (nSPS) is 19.9. The second-order valence-corrected chi connectivity index (χ2v) is 10.8. The van der Waals surface area contributed by atoms with E-state index in [2.05, 4.69) is 25.2 Å². The molecule has 0 spiro atoms. The van der Waals surface area contributed by atoms with Crippen LogP contribution in [0.15, 0.2) is 35.6 Å². The third-order valence-electron chi connectivity index (χ3n) is 6.89. The number of rotatable bonds is 6. The van der Waals surface area contributed by atoms with E-state index in [1.54, 1.807) is 37.5 Å². The van der Waals surface area contributed by atoms with Gasteiger partial charge < -0.3 is 24.8 Å². The highest BCUT2D eigenvalue weighted by atomic mass is 35.5. The molecule has 1 aromatic carbocycles. The molecule has 0 aliphatic carbocycles. The molecule has 0 unspecified atom stereocenters. The van der Waals surface area contributed by atoms with Gasteiger partial charge in [0.1, 0.15) is 11.9 Å². The first-order valence-corrected chi connectivity index (χ1v) is 12.7. The molecule has 2 aliphatic rings. The van der Waals surface area contributed by atoms with Gasteiger partial charge in [0.05, 0.1) is 54.8 Å². The second-order valence-electron chi connectivity index (χ2n) is 10.4. The van der Waals surface area contributed by atoms with E-state index >= 15 is 0 Å². The number of morpholine rings is 1. The summed E-state index contributed by atoms with van der Waals surface area (Å²) in [6, 6.07) is 5.01. The van der Waals surface area contributed by atoms with Gasteiger partial charge in [-0.25, -0.2) is 0 Å². The number of nitrogens with zero attached hydrogens (tertiary/aromatic N) is 5. The van der Waals surface area contributed by atoms with E-state index in [1.807, 2.05) is 30.9 Å². The van der Waals surface area contributed by atoms with Gasteiger partial charge in [0.25, 0.3) is 0 Å². The Morgan fingerprint density at radius 2 is 2.11 bits per heavy atom. The summed E-state index contributed by atoms with van der Waals surface area (Å²) in [5.74, 6) is 0.647. The van der Waals surface area contributed by atoms with Crippen LogP contribution in [0.1, 0.15) is 13.8 Å². The first-order chi connectivity index (χ1) is 17.6. The average Bonchev–Trinajstić information content (AvgIpc) is 3.42. The summed E-state index contributed by atoms with van der Waals surface area (Å²) in [7, 11) is 3.49. The molecule has 11 heteroatoms. The number of amidine groups is 1. The third-order valence-corrected chi connectivity index (χ3v) is 7.11. The number of H-pyrrole nitrogens is 1. The molecule has 1 atom stereocenters. The van der Waals surface area contributed by atoms with Crippen molar-refractivity contribution in [1.82, 2.24) is 24.7 Å². The second kappa shape index (κ2) is 9.92. The van der Waals surface area contributed by atoms with Crippen LogP contribution in [0, 0.1) is 0 Å². The van der Waals surface area contributed by atoms with E-state index in [4.69, 9.17) is 16.3 Å². The number of fused-ring (bicyclic) bond motifs is 3. The number of aromatic amines is 1. The van der Waals surface area contributed by atoms with Gasteiger partial charge in [-0.2, -0.15) is 0 Å². The minimum Gasteiger partial charge on any atom is -0.372 e. The molecule has 196 valence electrons. The highest BCUT2D eigenvalue weighted by molar-refractivity contribution is 6.33. The van der Waals surface area contributed by atoms with Crippen LogP contribution < -0.4 is 5.32 Å². The minimum absolute atomic E-state index is 0.0182. The van der Waals surface area contributed by atoms with Gasteiger partial charge in [0.2, 0.25) is 11.8 Å². The lowest BCUT2D eigenvalue weighted by atomic mass is 10.0. The Bertz CT molecular complexity index is 1380. The predicted molar refractivity (Wildman–Crippen MR) is 145 cm³/mol. The molecule has 2 amide bonds. The zero-order valence-electron chi connectivity index (χ0n) is 21.5. The summed E-state index contributed by atoms with van der Waals surface area (Å²) >= 11 is 6.44. The maximum Gasteiger partial charge on any atom is 0.244 e. The molecule has 2 aromatic heterocycles. The summed E-state index contributed by atoms with van der Waals surface area (Å²) in [6.45, 7) is 6.85. The van der Waals surface area contributed by atoms with Gasteiger partial charge in [0.15, 0.2) is 0 Å². The molecule has 4 heterocycles. The summed E-state index contributed by atoms with van der Waals surface area (Å²) in [5, 5.41) is 5.52. The zero-order chi connectivity index (χ0) is 26.3. The maximum atomic E-state index is 13.7. The number of carbonyl (C=O) groups is 2. The molecule has 5 rings (SSSR count). The number of pyridine rings is 1. The van der Waals surface area contributed by atoms with Gasteiger partial charge in [0, 0.05) is 49.2 Å². The number of anilines is 1. The molecule has 1 fully saturated rings. The summed E-state index contributed by atoms with van der Waals surface area (Å²) in [4.78, 5) is 43.9. The van der Waals surface area contributed by atoms with Crippen LogP contribution in [0.25, 0.3) is 21.8 Å². The molecular weight excluding hydrogens is 494 g/mol. The quantitative estimate of drug-likeness (QED) is 0.512. The number of amides is 2. The van der Waals surface area contributed by atoms with Crippen molar-refractivity contribution in [2.45, 2.75) is 25.5 Å². The number of carbonyl (C=O) groups excluding carboxylic acids is 2. The lowest BCUT2D eigenvalue weighted by Crippen LogP contribution is -2.60. The molecule has 3 aromatic rings. The smallest absolute Gasteiger partial charge is 0.244 e. The third kappa shape index (κ3) is 5.27. The van der Waals surface area contributed by atoms with Crippen molar-refractivity contribution in [3.63, 3.8) is 0 Å². The lowest BCUT2D eigenvalue weighted by molar-refractivity contribution is -0.141. The Hall–Kier alpha value is -3.21. The van der Waals surface area contributed by atoms with E-state index < -0.39 is 11.6 Å². The largest absolute Gasteiger partial charge is 0.372 e. The number of likely N-dealkylation sites (N-methyl/N-ethyl adjacent to an activating group) is 1. The van der Waals surface area contributed by atoms with E-state index in [9.17, 15) is 9.59 Å². The van der Waals surface area contributed by atoms with Crippen molar-refractivity contribution in [3.8, 4) is 0 Å². The Kier molecular flexibility index (Phi) is 6.82. The molecule has 2 N–H and O–H groups in total. The van der Waals surface area contributed by atoms with Crippen LogP contribution >= 0.6 is 11.6 Å². The van der Waals surface area contributed by atoms with Gasteiger partial charge in [-0.3, -0.25) is 24.5 Å². The fraction of sp³-hybridized carbons (Fsp3) is 0.462. The number of halogens is 1. The highest BCUT2D eigenvalue weighted by Crippen LogP contribution is 2.33. The predicted octanol–water partition coefficient (Wildman–Crippen LogP) is 2.59. The van der Waals surface area contributed by atoms with Crippen LogP contribution in [0.2, 0.25) is 5.02 Å². The van der Waals surface area contributed by atoms with E-state index in [0.29, 0.717) is 36.9 Å². The van der Waals surface area contributed by atoms with Crippen molar-refractivity contribution < 1.29 is 14.3 Å². The van der Waals surface area contributed by atoms with Crippen LogP contribution in [0.5, 0.6) is 0 Å². The van der Waals surface area contributed by atoms with Crippen molar-refractivity contribution in [1.29, 1.82) is 0 Å². The van der Waals surface area contributed by atoms with Crippen molar-refractivity contribution in [3.05, 3.63) is 35.6 Å². The van der Waals surface area contributed by atoms with E-state index in [-0.39, 0.29) is 25.0 Å². The van der Waals surface area contributed by atoms with Crippen molar-refractivity contribution in [2.75, 3.05) is 58.7 Å². The summed E-state index contributed by atoms with van der Waals surface area (Å²) in [6.07, 6.45) is 3.48. The summed E-state index contributed by atoms with van der Waals surface area (Å²) in [5.41, 5.74) is 1.84. The number of nitrogens with one attached hydrogen (secondary N) is 2. The van der Waals surface area contributed by atoms with Crippen LogP contribution in [-0.2, 0) is 14.3 Å². The fourth-order valence-corrected chi connectivity index (χ4v) is 5.15. The molecule has 0 bridgehead atoms. The molecule has 10 nitrogen and oxygen atoms in total. The van der Waals surface area contributed by atoms with Crippen LogP contribution in [0.3, 0.4) is 0 Å². The molecule has 2 aliphatic heterocycles. The Morgan fingerprint density at radius 3 is 2.89 bits per heavy atom. The van der Waals surface area contributed by atoms with Crippen molar-refractivity contribution >= 4 is 56.7 Å². The first kappa shape index (κ1) is 25.4. The maximum absolute atomic E-state index is 13.7. The molecular formula is C26H32ClN7O3. The van der Waals surface area contributed by atoms with Crippen LogP contribution in [0.4, 0.5) is 5.69 Å². The molecule has 0 radical (unpaired) electrons. The number of benzene rings is 1. The lowest BCUT2D eigenvalue weighted by Gasteiger charge is -2.43. The standard InChI is InChI=1S/C26H32ClN7O3/c1-26(2)15-34(12-22-29-7-8-33(22)13-23(35)32(3)4)21(14-37-26)25(36)31-19-10-16(27)9-18-17-5-6-28-11-20(17)30-24(18)19/h5-6,9-11,21,30H,7-8,12-15H2,1-4H3,(H,31,36)/t21-/m0/s1. The first-order valence-electron chi connectivity index (χ1n) is 12.3. The number of hydrogen-bond donors (Lipinski definition) is 2. The van der Waals surface area contributed by atoms with E-state index in [0.717, 1.165) is 27.6 Å². The number of aliphatic imine (C=N–C) groups is 1. The Morgan fingerprint density at radius 1 is 1.30 bits per heavy atom. The van der Waals surface area contributed by atoms with E-state index in [1.165, 1.54) is 0 Å². The molecule has 1 saturated heterocycles. The number of hydrogen-bond acceptors (Lipinski definition) is 7.